The third-order valence-electron chi connectivity index (χ3n) is 3.98. The van der Waals surface area contributed by atoms with Gasteiger partial charge in [-0.15, -0.1) is 10.2 Å². The molecule has 8 nitrogen and oxygen atoms in total. The topological polar surface area (TPSA) is 95.7 Å². The van der Waals surface area contributed by atoms with Crippen molar-refractivity contribution < 1.29 is 23.4 Å². The van der Waals surface area contributed by atoms with Crippen LogP contribution in [0.3, 0.4) is 0 Å². The number of ether oxygens (including phenoxy) is 3. The van der Waals surface area contributed by atoms with Gasteiger partial charge in [-0.2, -0.15) is 0 Å². The Bertz CT molecular complexity index is 1010. The van der Waals surface area contributed by atoms with Crippen molar-refractivity contribution in [1.82, 2.24) is 10.2 Å². The van der Waals surface area contributed by atoms with Gasteiger partial charge in [0.05, 0.1) is 19.0 Å². The summed E-state index contributed by atoms with van der Waals surface area (Å²) < 4.78 is 22.3. The number of nitrogens with zero attached hydrogens (tertiary/aromatic N) is 2. The average molecular weight is 448 g/mol. The summed E-state index contributed by atoms with van der Waals surface area (Å²) in [7, 11) is 0. The monoisotopic (exact) mass is 447 g/mol. The maximum absolute atomic E-state index is 12.2. The molecule has 2 heterocycles. The Morgan fingerprint density at radius 2 is 1.90 bits per heavy atom. The first-order valence-electron chi connectivity index (χ1n) is 9.19. The maximum atomic E-state index is 12.2. The SMILES string of the molecule is O=C(CSc1nnc(COc2ccc(Cl)cc2)o1)Nc1ccc2c(c1)OCCCO2. The van der Waals surface area contributed by atoms with Gasteiger partial charge in [-0.25, -0.2) is 0 Å². The zero-order chi connectivity index (χ0) is 20.8. The van der Waals surface area contributed by atoms with Crippen molar-refractivity contribution in [3.63, 3.8) is 0 Å². The summed E-state index contributed by atoms with van der Waals surface area (Å²) in [5, 5.41) is 11.6. The number of carbonyl (C=O) groups excluding carboxylic acids is 1. The van der Waals surface area contributed by atoms with E-state index in [4.69, 9.17) is 30.2 Å². The number of rotatable bonds is 7. The molecule has 0 saturated heterocycles. The molecule has 0 saturated carbocycles. The van der Waals surface area contributed by atoms with Gasteiger partial charge in [0.15, 0.2) is 18.1 Å². The van der Waals surface area contributed by atoms with Gasteiger partial charge in [-0.1, -0.05) is 23.4 Å². The van der Waals surface area contributed by atoms with E-state index in [0.717, 1.165) is 18.2 Å². The molecule has 0 radical (unpaired) electrons. The van der Waals surface area contributed by atoms with Gasteiger partial charge in [-0.05, 0) is 36.4 Å². The van der Waals surface area contributed by atoms with Crippen molar-refractivity contribution in [1.29, 1.82) is 0 Å². The summed E-state index contributed by atoms with van der Waals surface area (Å²) in [6.07, 6.45) is 0.823. The van der Waals surface area contributed by atoms with Crippen LogP contribution in [-0.2, 0) is 11.4 Å². The number of anilines is 1. The highest BCUT2D eigenvalue weighted by Gasteiger charge is 2.14. The molecule has 0 fully saturated rings. The van der Waals surface area contributed by atoms with E-state index in [0.29, 0.717) is 52.3 Å². The van der Waals surface area contributed by atoms with E-state index in [1.807, 2.05) is 0 Å². The Morgan fingerprint density at radius 1 is 1.10 bits per heavy atom. The van der Waals surface area contributed by atoms with Gasteiger partial charge in [-0.3, -0.25) is 4.79 Å². The highest BCUT2D eigenvalue weighted by atomic mass is 35.5. The number of amides is 1. The molecule has 1 N–H and O–H groups in total. The smallest absolute Gasteiger partial charge is 0.277 e. The molecule has 156 valence electrons. The lowest BCUT2D eigenvalue weighted by Gasteiger charge is -2.10. The third kappa shape index (κ3) is 5.58. The molecular weight excluding hydrogens is 430 g/mol. The second-order valence-corrected chi connectivity index (χ2v) is 7.62. The number of aromatic nitrogens is 2. The number of carbonyl (C=O) groups is 1. The number of thioether (sulfide) groups is 1. The Hall–Kier alpha value is -2.91. The Balaban J connectivity index is 1.25. The summed E-state index contributed by atoms with van der Waals surface area (Å²) >= 11 is 6.98. The third-order valence-corrected chi connectivity index (χ3v) is 5.05. The highest BCUT2D eigenvalue weighted by Crippen LogP contribution is 2.32. The quantitative estimate of drug-likeness (QED) is 0.538. The van der Waals surface area contributed by atoms with E-state index >= 15 is 0 Å². The largest absolute Gasteiger partial charge is 0.490 e. The average Bonchev–Trinajstić information content (AvgIpc) is 3.08. The molecule has 0 atom stereocenters. The first-order chi connectivity index (χ1) is 14.7. The minimum Gasteiger partial charge on any atom is -0.490 e. The first kappa shape index (κ1) is 20.4. The molecule has 0 unspecified atom stereocenters. The van der Waals surface area contributed by atoms with Crippen LogP contribution in [0.15, 0.2) is 52.1 Å². The molecule has 0 aliphatic carbocycles. The lowest BCUT2D eigenvalue weighted by atomic mass is 10.2. The molecule has 0 spiro atoms. The van der Waals surface area contributed by atoms with E-state index < -0.39 is 0 Å². The van der Waals surface area contributed by atoms with Crippen molar-refractivity contribution in [2.24, 2.45) is 0 Å². The summed E-state index contributed by atoms with van der Waals surface area (Å²) in [4.78, 5) is 12.2. The Kier molecular flexibility index (Phi) is 6.60. The van der Waals surface area contributed by atoms with Gasteiger partial charge in [0.2, 0.25) is 5.91 Å². The van der Waals surface area contributed by atoms with Gasteiger partial charge in [0.1, 0.15) is 5.75 Å². The van der Waals surface area contributed by atoms with Gasteiger partial charge < -0.3 is 23.9 Å². The maximum Gasteiger partial charge on any atom is 0.277 e. The minimum atomic E-state index is -0.202. The zero-order valence-electron chi connectivity index (χ0n) is 15.8. The second-order valence-electron chi connectivity index (χ2n) is 6.25. The van der Waals surface area contributed by atoms with Crippen LogP contribution in [0.5, 0.6) is 17.2 Å². The number of fused-ring (bicyclic) bond motifs is 1. The van der Waals surface area contributed by atoms with Crippen molar-refractivity contribution in [2.45, 2.75) is 18.3 Å². The number of hydrogen-bond donors (Lipinski definition) is 1. The fraction of sp³-hybridized carbons (Fsp3) is 0.250. The van der Waals surface area contributed by atoms with E-state index in [9.17, 15) is 4.79 Å². The number of benzene rings is 2. The van der Waals surface area contributed by atoms with Crippen molar-refractivity contribution in [3.05, 3.63) is 53.4 Å². The van der Waals surface area contributed by atoms with E-state index in [-0.39, 0.29) is 18.3 Å². The van der Waals surface area contributed by atoms with Crippen molar-refractivity contribution in [3.8, 4) is 17.2 Å². The van der Waals surface area contributed by atoms with Crippen LogP contribution in [0, 0.1) is 0 Å². The van der Waals surface area contributed by atoms with Crippen molar-refractivity contribution in [2.75, 3.05) is 24.3 Å². The Morgan fingerprint density at radius 3 is 2.73 bits per heavy atom. The van der Waals surface area contributed by atoms with Crippen LogP contribution in [0.25, 0.3) is 0 Å². The predicted molar refractivity (Wildman–Crippen MR) is 111 cm³/mol. The highest BCUT2D eigenvalue weighted by molar-refractivity contribution is 7.99. The van der Waals surface area contributed by atoms with Crippen LogP contribution < -0.4 is 19.5 Å². The molecule has 3 aromatic rings. The molecule has 4 rings (SSSR count). The number of hydrogen-bond acceptors (Lipinski definition) is 8. The predicted octanol–water partition coefficient (Wildman–Crippen LogP) is 4.19. The fourth-order valence-corrected chi connectivity index (χ4v) is 3.30. The number of nitrogens with one attached hydrogen (secondary N) is 1. The van der Waals surface area contributed by atoms with Gasteiger partial charge in [0.25, 0.3) is 11.1 Å². The second kappa shape index (κ2) is 9.73. The zero-order valence-corrected chi connectivity index (χ0v) is 17.4. The fourth-order valence-electron chi connectivity index (χ4n) is 2.60. The van der Waals surface area contributed by atoms with Crippen LogP contribution in [0.4, 0.5) is 5.69 Å². The summed E-state index contributed by atoms with van der Waals surface area (Å²) in [6.45, 7) is 1.33. The Labute approximate surface area is 181 Å². The van der Waals surface area contributed by atoms with Crippen LogP contribution >= 0.6 is 23.4 Å². The van der Waals surface area contributed by atoms with E-state index in [2.05, 4.69) is 15.5 Å². The van der Waals surface area contributed by atoms with Gasteiger partial charge >= 0.3 is 0 Å². The molecule has 1 aliphatic heterocycles. The van der Waals surface area contributed by atoms with Gasteiger partial charge in [0, 0.05) is 23.2 Å². The molecule has 2 aromatic carbocycles. The molecule has 30 heavy (non-hydrogen) atoms. The normalized spacial score (nSPS) is 12.8. The molecular formula is C20H18ClN3O5S. The lowest BCUT2D eigenvalue weighted by molar-refractivity contribution is -0.113. The standard InChI is InChI=1S/C20H18ClN3O5S/c21-13-2-5-15(6-3-13)28-11-19-23-24-20(29-19)30-12-18(25)22-14-4-7-16-17(10-14)27-9-1-8-26-16/h2-7,10H,1,8-9,11-12H2,(H,22,25). The summed E-state index contributed by atoms with van der Waals surface area (Å²) in [5.41, 5.74) is 0.632. The molecule has 0 bridgehead atoms. The molecule has 10 heteroatoms. The molecule has 1 aromatic heterocycles. The van der Waals surface area contributed by atoms with Crippen LogP contribution in [-0.4, -0.2) is 35.1 Å². The van der Waals surface area contributed by atoms with Crippen LogP contribution in [0.1, 0.15) is 12.3 Å². The minimum absolute atomic E-state index is 0.119. The summed E-state index contributed by atoms with van der Waals surface area (Å²) in [6, 6.07) is 12.3. The van der Waals surface area contributed by atoms with Crippen LogP contribution in [0.2, 0.25) is 5.02 Å². The lowest BCUT2D eigenvalue weighted by Crippen LogP contribution is -2.14. The first-order valence-corrected chi connectivity index (χ1v) is 10.5. The van der Waals surface area contributed by atoms with E-state index in [1.54, 1.807) is 42.5 Å². The molecule has 1 aliphatic rings. The number of halogens is 1. The molecule has 1 amide bonds. The van der Waals surface area contributed by atoms with Crippen molar-refractivity contribution >= 4 is 35.0 Å². The summed E-state index contributed by atoms with van der Waals surface area (Å²) in [5.74, 6) is 2.18. The van der Waals surface area contributed by atoms with E-state index in [1.165, 1.54) is 0 Å².